The molecule has 0 spiro atoms. The summed E-state index contributed by atoms with van der Waals surface area (Å²) in [4.78, 5) is 12.2. The van der Waals surface area contributed by atoms with Gasteiger partial charge in [-0.1, -0.05) is 79.2 Å². The first-order valence-electron chi connectivity index (χ1n) is 7.21. The first kappa shape index (κ1) is 16.0. The van der Waals surface area contributed by atoms with Crippen molar-refractivity contribution in [3.63, 3.8) is 0 Å². The molecule has 0 aliphatic rings. The number of hydrogen-bond donors (Lipinski definition) is 0. The van der Waals surface area contributed by atoms with Gasteiger partial charge in [0.15, 0.2) is 0 Å². The number of hydrogen-bond acceptors (Lipinski definition) is 1. The van der Waals surface area contributed by atoms with Crippen LogP contribution in [0.3, 0.4) is 0 Å². The maximum atomic E-state index is 12.2. The van der Waals surface area contributed by atoms with Crippen molar-refractivity contribution >= 4 is 21.7 Å². The van der Waals surface area contributed by atoms with E-state index in [9.17, 15) is 4.79 Å². The van der Waals surface area contributed by atoms with Gasteiger partial charge in [-0.25, -0.2) is 0 Å². The van der Waals surface area contributed by atoms with E-state index in [4.69, 9.17) is 0 Å². The van der Waals surface area contributed by atoms with Crippen molar-refractivity contribution in [3.05, 3.63) is 69.7 Å². The van der Waals surface area contributed by atoms with E-state index in [1.807, 2.05) is 24.3 Å². The number of rotatable bonds is 4. The normalized spacial score (nSPS) is 11.4. The van der Waals surface area contributed by atoms with E-state index in [-0.39, 0.29) is 11.2 Å². The lowest BCUT2D eigenvalue weighted by atomic mass is 9.86. The number of Topliss-reactive ketones (excluding diaryl/α,β-unsaturated/α-hetero) is 1. The van der Waals surface area contributed by atoms with Crippen LogP contribution >= 0.6 is 15.9 Å². The van der Waals surface area contributed by atoms with Gasteiger partial charge in [-0.3, -0.25) is 4.79 Å². The van der Waals surface area contributed by atoms with Crippen LogP contribution in [-0.2, 0) is 23.1 Å². The van der Waals surface area contributed by atoms with E-state index in [2.05, 4.69) is 61.0 Å². The Morgan fingerprint density at radius 2 is 1.57 bits per heavy atom. The summed E-state index contributed by atoms with van der Waals surface area (Å²) in [5, 5.41) is 0. The SMILES string of the molecule is CC(C)(C)c1ccc(CC(=O)Cc2ccccc2Br)cc1. The van der Waals surface area contributed by atoms with Crippen LogP contribution in [0.4, 0.5) is 0 Å². The number of carbonyl (C=O) groups excluding carboxylic acids is 1. The van der Waals surface area contributed by atoms with Gasteiger partial charge in [-0.2, -0.15) is 0 Å². The highest BCUT2D eigenvalue weighted by atomic mass is 79.9. The van der Waals surface area contributed by atoms with E-state index in [0.29, 0.717) is 12.8 Å². The highest BCUT2D eigenvalue weighted by Gasteiger charge is 2.13. The average molecular weight is 345 g/mol. The molecule has 2 rings (SSSR count). The number of carbonyl (C=O) groups is 1. The number of benzene rings is 2. The van der Waals surface area contributed by atoms with Crippen molar-refractivity contribution in [2.24, 2.45) is 0 Å². The third kappa shape index (κ3) is 4.53. The van der Waals surface area contributed by atoms with Crippen LogP contribution in [0.15, 0.2) is 53.0 Å². The van der Waals surface area contributed by atoms with Gasteiger partial charge < -0.3 is 0 Å². The zero-order valence-electron chi connectivity index (χ0n) is 12.8. The lowest BCUT2D eigenvalue weighted by Gasteiger charge is -2.19. The zero-order chi connectivity index (χ0) is 15.5. The summed E-state index contributed by atoms with van der Waals surface area (Å²) >= 11 is 3.49. The number of ketones is 1. The smallest absolute Gasteiger partial charge is 0.141 e. The molecule has 0 aliphatic heterocycles. The molecule has 0 amide bonds. The summed E-state index contributed by atoms with van der Waals surface area (Å²) in [6, 6.07) is 16.3. The molecule has 0 heterocycles. The van der Waals surface area contributed by atoms with Crippen LogP contribution in [-0.4, -0.2) is 5.78 Å². The third-order valence-corrected chi connectivity index (χ3v) is 4.34. The molecule has 2 aromatic rings. The maximum absolute atomic E-state index is 12.2. The lowest BCUT2D eigenvalue weighted by molar-refractivity contribution is -0.117. The molecule has 0 saturated heterocycles. The highest BCUT2D eigenvalue weighted by Crippen LogP contribution is 2.22. The minimum Gasteiger partial charge on any atom is -0.299 e. The molecular formula is C19H21BrO. The fraction of sp³-hybridized carbons (Fsp3) is 0.316. The second-order valence-electron chi connectivity index (χ2n) is 6.43. The Bertz CT molecular complexity index is 621. The largest absolute Gasteiger partial charge is 0.299 e. The summed E-state index contributed by atoms with van der Waals surface area (Å²) in [6.07, 6.45) is 0.966. The van der Waals surface area contributed by atoms with Crippen molar-refractivity contribution in [3.8, 4) is 0 Å². The molecule has 1 nitrogen and oxygen atoms in total. The summed E-state index contributed by atoms with van der Waals surface area (Å²) < 4.78 is 1.00. The Morgan fingerprint density at radius 3 is 2.14 bits per heavy atom. The molecule has 21 heavy (non-hydrogen) atoms. The van der Waals surface area contributed by atoms with Crippen LogP contribution in [0.1, 0.15) is 37.5 Å². The van der Waals surface area contributed by atoms with E-state index < -0.39 is 0 Å². The van der Waals surface area contributed by atoms with Gasteiger partial charge in [0.2, 0.25) is 0 Å². The molecule has 2 aromatic carbocycles. The topological polar surface area (TPSA) is 17.1 Å². The summed E-state index contributed by atoms with van der Waals surface area (Å²) in [5.74, 6) is 0.241. The van der Waals surface area contributed by atoms with Gasteiger partial charge in [-0.15, -0.1) is 0 Å². The summed E-state index contributed by atoms with van der Waals surface area (Å²) in [5.41, 5.74) is 3.58. The Labute approximate surface area is 135 Å². The second kappa shape index (κ2) is 6.57. The predicted molar refractivity (Wildman–Crippen MR) is 91.7 cm³/mol. The summed E-state index contributed by atoms with van der Waals surface area (Å²) in [6.45, 7) is 6.58. The van der Waals surface area contributed by atoms with Gasteiger partial charge in [0, 0.05) is 17.3 Å². The fourth-order valence-electron chi connectivity index (χ4n) is 2.27. The third-order valence-electron chi connectivity index (χ3n) is 3.57. The van der Waals surface area contributed by atoms with E-state index >= 15 is 0 Å². The molecule has 0 unspecified atom stereocenters. The standard InChI is InChI=1S/C19H21BrO/c1-19(2,3)16-10-8-14(9-11-16)12-17(21)13-15-6-4-5-7-18(15)20/h4-11H,12-13H2,1-3H3. The monoisotopic (exact) mass is 344 g/mol. The van der Waals surface area contributed by atoms with Crippen LogP contribution < -0.4 is 0 Å². The zero-order valence-corrected chi connectivity index (χ0v) is 14.4. The minimum absolute atomic E-state index is 0.150. The van der Waals surface area contributed by atoms with Crippen LogP contribution in [0.2, 0.25) is 0 Å². The average Bonchev–Trinajstić information content (AvgIpc) is 2.41. The van der Waals surface area contributed by atoms with Gasteiger partial charge in [0.1, 0.15) is 5.78 Å². The van der Waals surface area contributed by atoms with Crippen molar-refractivity contribution in [1.82, 2.24) is 0 Å². The Balaban J connectivity index is 2.02. The Kier molecular flexibility index (Phi) is 5.00. The molecule has 0 aromatic heterocycles. The molecule has 0 bridgehead atoms. The first-order valence-corrected chi connectivity index (χ1v) is 8.00. The molecule has 2 heteroatoms. The maximum Gasteiger partial charge on any atom is 0.141 e. The molecular weight excluding hydrogens is 324 g/mol. The van der Waals surface area contributed by atoms with E-state index in [0.717, 1.165) is 15.6 Å². The second-order valence-corrected chi connectivity index (χ2v) is 7.28. The molecule has 0 aliphatic carbocycles. The fourth-order valence-corrected chi connectivity index (χ4v) is 2.69. The van der Waals surface area contributed by atoms with Crippen LogP contribution in [0.5, 0.6) is 0 Å². The van der Waals surface area contributed by atoms with Gasteiger partial charge in [-0.05, 0) is 28.2 Å². The van der Waals surface area contributed by atoms with Crippen LogP contribution in [0.25, 0.3) is 0 Å². The summed E-state index contributed by atoms with van der Waals surface area (Å²) in [7, 11) is 0. The van der Waals surface area contributed by atoms with Gasteiger partial charge in [0.05, 0.1) is 0 Å². The number of halogens is 1. The van der Waals surface area contributed by atoms with E-state index in [1.165, 1.54) is 5.56 Å². The van der Waals surface area contributed by atoms with Gasteiger partial charge in [0.25, 0.3) is 0 Å². The quantitative estimate of drug-likeness (QED) is 0.753. The van der Waals surface area contributed by atoms with Gasteiger partial charge >= 0.3 is 0 Å². The molecule has 0 atom stereocenters. The molecule has 0 radical (unpaired) electrons. The van der Waals surface area contributed by atoms with E-state index in [1.54, 1.807) is 0 Å². The minimum atomic E-state index is 0.150. The molecule has 0 fully saturated rings. The molecule has 110 valence electrons. The van der Waals surface area contributed by atoms with Crippen molar-refractivity contribution in [1.29, 1.82) is 0 Å². The van der Waals surface area contributed by atoms with Crippen molar-refractivity contribution < 1.29 is 4.79 Å². The Morgan fingerprint density at radius 1 is 0.952 bits per heavy atom. The molecule has 0 N–H and O–H groups in total. The van der Waals surface area contributed by atoms with Crippen molar-refractivity contribution in [2.45, 2.75) is 39.0 Å². The first-order chi connectivity index (χ1) is 9.86. The predicted octanol–water partition coefficient (Wildman–Crippen LogP) is 5.10. The molecule has 0 saturated carbocycles. The van der Waals surface area contributed by atoms with Crippen molar-refractivity contribution in [2.75, 3.05) is 0 Å². The lowest BCUT2D eigenvalue weighted by Crippen LogP contribution is -2.11. The Hall–Kier alpha value is -1.41. The highest BCUT2D eigenvalue weighted by molar-refractivity contribution is 9.10. The van der Waals surface area contributed by atoms with Crippen LogP contribution in [0, 0.1) is 0 Å².